The molecule has 2 aromatic heterocycles. The third-order valence-corrected chi connectivity index (χ3v) is 8.68. The molecule has 48 heavy (non-hydrogen) atoms. The molecule has 3 N–H and O–H groups in total. The highest BCUT2D eigenvalue weighted by Gasteiger charge is 2.43. The first kappa shape index (κ1) is 40.8. The van der Waals surface area contributed by atoms with Gasteiger partial charge in [-0.25, -0.2) is 9.38 Å². The molecule has 0 bridgehead atoms. The Kier molecular flexibility index (Phi) is 16.6. The molecule has 0 saturated heterocycles. The minimum Gasteiger partial charge on any atom is -0.385 e. The fourth-order valence-corrected chi connectivity index (χ4v) is 6.02. The first-order valence-electron chi connectivity index (χ1n) is 17.7. The van der Waals surface area contributed by atoms with Gasteiger partial charge in [0, 0.05) is 59.2 Å². The molecule has 0 aliphatic heterocycles. The molecule has 2 aliphatic rings. The van der Waals surface area contributed by atoms with Crippen molar-refractivity contribution in [3.8, 4) is 0 Å². The van der Waals surface area contributed by atoms with Crippen LogP contribution in [0.1, 0.15) is 109 Å². The van der Waals surface area contributed by atoms with E-state index in [0.29, 0.717) is 42.7 Å². The fraction of sp³-hybridized carbons (Fsp3) is 0.579. The zero-order valence-electron chi connectivity index (χ0n) is 30.0. The van der Waals surface area contributed by atoms with Crippen LogP contribution in [-0.4, -0.2) is 53.2 Å². The molecule has 0 spiro atoms. The Hall–Kier alpha value is -3.40. The average Bonchev–Trinajstić information content (AvgIpc) is 3.51. The highest BCUT2D eigenvalue weighted by Crippen LogP contribution is 2.47. The largest absolute Gasteiger partial charge is 0.406 e. The quantitative estimate of drug-likeness (QED) is 0.0920. The van der Waals surface area contributed by atoms with Crippen LogP contribution in [0.5, 0.6) is 0 Å². The van der Waals surface area contributed by atoms with Crippen molar-refractivity contribution in [2.45, 2.75) is 130 Å². The number of nitrogens with zero attached hydrogens (tertiary/aromatic N) is 4. The third-order valence-electron chi connectivity index (χ3n) is 8.68. The molecule has 2 saturated carbocycles. The Balaban J connectivity index is 0.000000571. The van der Waals surface area contributed by atoms with Gasteiger partial charge in [-0.05, 0) is 75.9 Å². The van der Waals surface area contributed by atoms with Crippen LogP contribution in [0.4, 0.5) is 17.6 Å². The second-order valence-corrected chi connectivity index (χ2v) is 12.1. The van der Waals surface area contributed by atoms with Crippen LogP contribution in [0.25, 0.3) is 16.6 Å². The number of aromatic nitrogens is 2. The SMILES string of the molecule is C=NC(=NCCCNC(=C)c1ccn(C2(CCC)CC2)c1)c1cc2c(C)cccc2n1CC(F)(F)F.CC.CC.NC1CCCCC1F. The maximum atomic E-state index is 13.3. The molecule has 2 fully saturated rings. The summed E-state index contributed by atoms with van der Waals surface area (Å²) in [5.41, 5.74) is 9.36. The van der Waals surface area contributed by atoms with E-state index in [-0.39, 0.29) is 11.9 Å². The van der Waals surface area contributed by atoms with E-state index in [1.54, 1.807) is 18.2 Å². The summed E-state index contributed by atoms with van der Waals surface area (Å²) in [5, 5.41) is 4.10. The Morgan fingerprint density at radius 2 is 1.79 bits per heavy atom. The van der Waals surface area contributed by atoms with Crippen molar-refractivity contribution >= 4 is 29.2 Å². The number of aryl methyl sites for hydroxylation is 1. The lowest BCUT2D eigenvalue weighted by molar-refractivity contribution is -0.139. The number of fused-ring (bicyclic) bond motifs is 1. The topological polar surface area (TPSA) is 72.6 Å². The lowest BCUT2D eigenvalue weighted by Crippen LogP contribution is -2.34. The van der Waals surface area contributed by atoms with E-state index >= 15 is 0 Å². The minimum absolute atomic E-state index is 0.163. The van der Waals surface area contributed by atoms with Gasteiger partial charge in [-0.2, -0.15) is 13.2 Å². The van der Waals surface area contributed by atoms with Crippen LogP contribution in [0.15, 0.2) is 59.3 Å². The summed E-state index contributed by atoms with van der Waals surface area (Å²) in [6.45, 7) is 19.8. The highest BCUT2D eigenvalue weighted by atomic mass is 19.4. The zero-order chi connectivity index (χ0) is 35.9. The number of nitrogens with one attached hydrogen (secondary N) is 1. The molecule has 268 valence electrons. The van der Waals surface area contributed by atoms with Crippen molar-refractivity contribution < 1.29 is 17.6 Å². The predicted molar refractivity (Wildman–Crippen MR) is 196 cm³/mol. The van der Waals surface area contributed by atoms with E-state index in [4.69, 9.17) is 5.73 Å². The lowest BCUT2D eigenvalue weighted by atomic mass is 9.95. The van der Waals surface area contributed by atoms with Gasteiger partial charge >= 0.3 is 6.18 Å². The van der Waals surface area contributed by atoms with Gasteiger partial charge in [0.1, 0.15) is 12.7 Å². The van der Waals surface area contributed by atoms with Crippen LogP contribution in [0.2, 0.25) is 0 Å². The second kappa shape index (κ2) is 19.6. The summed E-state index contributed by atoms with van der Waals surface area (Å²) in [5.74, 6) is 0.219. The Labute approximate surface area is 285 Å². The van der Waals surface area contributed by atoms with Crippen LogP contribution in [-0.2, 0) is 12.1 Å². The molecule has 10 heteroatoms. The molecule has 1 aromatic carbocycles. The summed E-state index contributed by atoms with van der Waals surface area (Å²) in [6.07, 6.45) is 8.42. The molecule has 0 amide bonds. The average molecular weight is 675 g/mol. The highest BCUT2D eigenvalue weighted by molar-refractivity contribution is 6.04. The van der Waals surface area contributed by atoms with Crippen molar-refractivity contribution in [3.05, 3.63) is 66.1 Å². The van der Waals surface area contributed by atoms with E-state index in [1.807, 2.05) is 40.7 Å². The summed E-state index contributed by atoms with van der Waals surface area (Å²) >= 11 is 0. The van der Waals surface area contributed by atoms with Gasteiger partial charge in [-0.1, -0.05) is 72.6 Å². The first-order valence-corrected chi connectivity index (χ1v) is 17.7. The number of hydrogen-bond acceptors (Lipinski definition) is 3. The van der Waals surface area contributed by atoms with E-state index in [9.17, 15) is 17.6 Å². The molecule has 0 radical (unpaired) electrons. The van der Waals surface area contributed by atoms with Crippen molar-refractivity contribution in [3.63, 3.8) is 0 Å². The first-order chi connectivity index (χ1) is 23.0. The van der Waals surface area contributed by atoms with Crippen molar-refractivity contribution in [1.82, 2.24) is 14.5 Å². The van der Waals surface area contributed by atoms with Gasteiger partial charge in [0.2, 0.25) is 0 Å². The van der Waals surface area contributed by atoms with E-state index in [0.717, 1.165) is 41.5 Å². The number of rotatable bonds is 11. The molecule has 2 atom stereocenters. The van der Waals surface area contributed by atoms with Gasteiger partial charge in [0.15, 0.2) is 5.84 Å². The van der Waals surface area contributed by atoms with Gasteiger partial charge in [-0.15, -0.1) is 0 Å². The van der Waals surface area contributed by atoms with Gasteiger partial charge < -0.3 is 20.2 Å². The fourth-order valence-electron chi connectivity index (χ4n) is 6.02. The number of benzene rings is 1. The number of nitrogens with two attached hydrogens (primary N) is 1. The van der Waals surface area contributed by atoms with E-state index < -0.39 is 18.9 Å². The Bertz CT molecular complexity index is 1440. The van der Waals surface area contributed by atoms with Crippen LogP contribution >= 0.6 is 0 Å². The zero-order valence-corrected chi connectivity index (χ0v) is 30.0. The molecule has 2 heterocycles. The molecule has 2 aliphatic carbocycles. The Morgan fingerprint density at radius 1 is 1.10 bits per heavy atom. The van der Waals surface area contributed by atoms with Crippen LogP contribution in [0, 0.1) is 6.92 Å². The Morgan fingerprint density at radius 3 is 2.35 bits per heavy atom. The maximum Gasteiger partial charge on any atom is 0.406 e. The molecule has 5 rings (SSSR count). The minimum atomic E-state index is -4.37. The number of aliphatic imine (C=N–C) groups is 2. The van der Waals surface area contributed by atoms with Gasteiger partial charge in [-0.3, -0.25) is 4.99 Å². The standard InChI is InChI=1S/C28H34F3N5.C6H12FN.2C2H6/c1-5-11-27(12-13-27)35-16-10-22(18-35)21(3)33-14-7-15-34-26(32-4)25-17-23-20(2)8-6-9-24(23)36(25)19-28(29,30)31;7-5-3-1-2-4-6(5)8;2*1-2/h6,8-10,16-18,33H,3-5,7,11-15,19H2,1-2H3;5-6H,1-4,8H2;2*1-2H3. The molecular weight excluding hydrogens is 616 g/mol. The van der Waals surface area contributed by atoms with Crippen molar-refractivity contribution in [1.29, 1.82) is 0 Å². The molecule has 2 unspecified atom stereocenters. The summed E-state index contributed by atoms with van der Waals surface area (Å²) in [7, 11) is 0. The number of hydrogen-bond donors (Lipinski definition) is 2. The van der Waals surface area contributed by atoms with Crippen molar-refractivity contribution in [2.24, 2.45) is 15.7 Å². The van der Waals surface area contributed by atoms with Crippen LogP contribution < -0.4 is 11.1 Å². The number of amidine groups is 1. The van der Waals surface area contributed by atoms with Crippen LogP contribution in [0.3, 0.4) is 0 Å². The normalized spacial score (nSPS) is 18.4. The van der Waals surface area contributed by atoms with Gasteiger partial charge in [0.05, 0.1) is 5.69 Å². The predicted octanol–water partition coefficient (Wildman–Crippen LogP) is 9.98. The lowest BCUT2D eigenvalue weighted by Gasteiger charge is -2.21. The van der Waals surface area contributed by atoms with E-state index in [2.05, 4.69) is 58.5 Å². The molecule has 3 aromatic rings. The number of halogens is 4. The second-order valence-electron chi connectivity index (χ2n) is 12.1. The molecular formula is C38H58F4N6. The summed E-state index contributed by atoms with van der Waals surface area (Å²) in [4.78, 5) is 8.46. The smallest absolute Gasteiger partial charge is 0.385 e. The monoisotopic (exact) mass is 674 g/mol. The number of alkyl halides is 4. The van der Waals surface area contributed by atoms with E-state index in [1.165, 1.54) is 30.3 Å². The summed E-state index contributed by atoms with van der Waals surface area (Å²) < 4.78 is 56.0. The van der Waals surface area contributed by atoms with Gasteiger partial charge in [0.25, 0.3) is 0 Å². The third kappa shape index (κ3) is 11.3. The molecule has 6 nitrogen and oxygen atoms in total. The maximum absolute atomic E-state index is 13.3. The summed E-state index contributed by atoms with van der Waals surface area (Å²) in [6, 6.07) is 8.97. The van der Waals surface area contributed by atoms with Crippen molar-refractivity contribution in [2.75, 3.05) is 13.1 Å².